The Morgan fingerprint density at radius 3 is 2.31 bits per heavy atom. The molecule has 0 aliphatic heterocycles. The fourth-order valence-electron chi connectivity index (χ4n) is 12.6. The van der Waals surface area contributed by atoms with Crippen molar-refractivity contribution >= 4 is 17.6 Å². The Morgan fingerprint density at radius 1 is 0.881 bits per heavy atom. The predicted molar refractivity (Wildman–Crippen MR) is 161 cm³/mol. The van der Waals surface area contributed by atoms with E-state index in [0.29, 0.717) is 22.8 Å². The first-order chi connectivity index (χ1) is 20.2. The Labute approximate surface area is 251 Å². The van der Waals surface area contributed by atoms with Crippen molar-refractivity contribution < 1.29 is 14.3 Å². The molecule has 42 heavy (non-hydrogen) atoms. The molecule has 0 saturated heterocycles. The summed E-state index contributed by atoms with van der Waals surface area (Å²) in [7, 11) is 0. The summed E-state index contributed by atoms with van der Waals surface area (Å²) in [6, 6.07) is 3.47. The van der Waals surface area contributed by atoms with Crippen molar-refractivity contribution in [2.45, 2.75) is 116 Å². The Morgan fingerprint density at radius 2 is 1.60 bits per heavy atom. The zero-order valence-corrected chi connectivity index (χ0v) is 25.7. The van der Waals surface area contributed by atoms with Gasteiger partial charge in [0.1, 0.15) is 5.60 Å². The van der Waals surface area contributed by atoms with Gasteiger partial charge in [0.25, 0.3) is 5.91 Å². The molecule has 9 rings (SSSR count). The highest BCUT2D eigenvalue weighted by Crippen LogP contribution is 2.66. The molecule has 6 nitrogen and oxygen atoms in total. The van der Waals surface area contributed by atoms with Crippen LogP contribution < -0.4 is 5.43 Å². The number of aromatic nitrogens is 1. The minimum Gasteiger partial charge on any atom is -0.459 e. The number of rotatable bonds is 4. The third-order valence-corrected chi connectivity index (χ3v) is 14.3. The van der Waals surface area contributed by atoms with Crippen LogP contribution in [0.25, 0.3) is 0 Å². The van der Waals surface area contributed by atoms with E-state index in [9.17, 15) is 9.59 Å². The van der Waals surface area contributed by atoms with E-state index >= 15 is 0 Å². The average Bonchev–Trinajstić information content (AvgIpc) is 3.31. The first-order valence-corrected chi connectivity index (χ1v) is 17.2. The molecule has 6 heteroatoms. The Bertz CT molecular complexity index is 1240. The third kappa shape index (κ3) is 4.31. The maximum absolute atomic E-state index is 13.7. The summed E-state index contributed by atoms with van der Waals surface area (Å²) >= 11 is 0. The molecule has 7 atom stereocenters. The van der Waals surface area contributed by atoms with Gasteiger partial charge in [0, 0.05) is 29.1 Å². The number of carbonyl (C=O) groups is 2. The lowest BCUT2D eigenvalue weighted by atomic mass is 9.44. The van der Waals surface area contributed by atoms with Crippen molar-refractivity contribution in [2.24, 2.45) is 63.3 Å². The van der Waals surface area contributed by atoms with E-state index < -0.39 is 0 Å². The van der Waals surface area contributed by atoms with Gasteiger partial charge in [-0.1, -0.05) is 13.8 Å². The van der Waals surface area contributed by atoms with E-state index in [1.54, 1.807) is 24.5 Å². The van der Waals surface area contributed by atoms with E-state index in [-0.39, 0.29) is 28.8 Å². The van der Waals surface area contributed by atoms with Gasteiger partial charge in [-0.25, -0.2) is 5.43 Å². The van der Waals surface area contributed by atoms with Crippen LogP contribution in [0.15, 0.2) is 29.6 Å². The highest BCUT2D eigenvalue weighted by Gasteiger charge is 2.60. The van der Waals surface area contributed by atoms with Gasteiger partial charge in [0.2, 0.25) is 0 Å². The molecular formula is C36H49N3O3. The molecule has 8 aliphatic carbocycles. The van der Waals surface area contributed by atoms with Gasteiger partial charge in [0.05, 0.1) is 5.92 Å². The van der Waals surface area contributed by atoms with Crippen LogP contribution in [0.4, 0.5) is 0 Å². The minimum absolute atomic E-state index is 0.0781. The number of pyridine rings is 1. The summed E-state index contributed by atoms with van der Waals surface area (Å²) < 4.78 is 6.57. The van der Waals surface area contributed by atoms with Gasteiger partial charge in [-0.2, -0.15) is 5.10 Å². The predicted octanol–water partition coefficient (Wildman–Crippen LogP) is 7.34. The number of esters is 1. The van der Waals surface area contributed by atoms with Gasteiger partial charge in [0.15, 0.2) is 0 Å². The van der Waals surface area contributed by atoms with Crippen molar-refractivity contribution in [1.82, 2.24) is 10.4 Å². The Hall–Kier alpha value is -2.24. The standard InChI is InChI=1S/C36H49N3O3/c1-34-11-7-26(33(41)42-36-19-22-15-23(20-36)17-24(16-22)21-36)18-27(34)3-4-28-29-5-6-31(35(29,2)12-8-30(28)34)38-39-32(40)25-9-13-37-14-10-25/h9-10,13-14,22-24,26-30H,3-8,11-12,15-21H2,1-2H3,(H,39,40)/b38-31+/t22?,23?,24?,26-,27-,28-,29-,30-,34-,35-,36?/m0/s1. The van der Waals surface area contributed by atoms with E-state index in [1.807, 2.05) is 0 Å². The number of ether oxygens (including phenoxy) is 1. The molecule has 1 heterocycles. The van der Waals surface area contributed by atoms with E-state index in [4.69, 9.17) is 9.84 Å². The van der Waals surface area contributed by atoms with Gasteiger partial charge in [-0.15, -0.1) is 0 Å². The molecule has 1 N–H and O–H groups in total. The van der Waals surface area contributed by atoms with Crippen LogP contribution in [0.5, 0.6) is 0 Å². The molecule has 1 amide bonds. The summed E-state index contributed by atoms with van der Waals surface area (Å²) in [6.07, 6.45) is 21.2. The van der Waals surface area contributed by atoms with E-state index in [2.05, 4.69) is 24.3 Å². The summed E-state index contributed by atoms with van der Waals surface area (Å²) in [5.41, 5.74) is 4.95. The maximum atomic E-state index is 13.7. The van der Waals surface area contributed by atoms with E-state index in [1.165, 1.54) is 57.1 Å². The molecule has 8 fully saturated rings. The molecule has 4 bridgehead atoms. The number of nitrogens with one attached hydrogen (secondary N) is 1. The molecule has 1 aromatic heterocycles. The molecule has 0 unspecified atom stereocenters. The Kier molecular flexibility index (Phi) is 6.43. The van der Waals surface area contributed by atoms with Crippen molar-refractivity contribution in [1.29, 1.82) is 0 Å². The van der Waals surface area contributed by atoms with Crippen molar-refractivity contribution in [3.63, 3.8) is 0 Å². The molecule has 0 radical (unpaired) electrons. The second kappa shape index (κ2) is 9.89. The normalized spacial score (nSPS) is 47.8. The number of hydrogen-bond donors (Lipinski definition) is 1. The number of fused-ring (bicyclic) bond motifs is 5. The SMILES string of the molecule is C[C@]12CC[C@H](C(=O)OC34CC5CC(CC(C5)C3)C4)C[C@@H]1CC[C@@H]1[C@@H]2CC[C@]2(C)/C(=N/NC(=O)c3ccncc3)CC[C@@H]12. The summed E-state index contributed by atoms with van der Waals surface area (Å²) in [4.78, 5) is 30.4. The van der Waals surface area contributed by atoms with Gasteiger partial charge >= 0.3 is 5.97 Å². The van der Waals surface area contributed by atoms with Crippen LogP contribution >= 0.6 is 0 Å². The lowest BCUT2D eigenvalue weighted by molar-refractivity contribution is -0.195. The molecule has 226 valence electrons. The number of amides is 1. The van der Waals surface area contributed by atoms with Crippen molar-refractivity contribution in [3.05, 3.63) is 30.1 Å². The summed E-state index contributed by atoms with van der Waals surface area (Å²) in [6.45, 7) is 5.00. The highest BCUT2D eigenvalue weighted by atomic mass is 16.6. The van der Waals surface area contributed by atoms with Crippen LogP contribution in [0.3, 0.4) is 0 Å². The van der Waals surface area contributed by atoms with Crippen LogP contribution in [0, 0.1) is 58.2 Å². The number of nitrogens with zero attached hydrogens (tertiary/aromatic N) is 2. The van der Waals surface area contributed by atoms with Crippen LogP contribution in [0.1, 0.15) is 121 Å². The second-order valence-electron chi connectivity index (χ2n) is 16.4. The lowest BCUT2D eigenvalue weighted by Crippen LogP contribution is -2.55. The van der Waals surface area contributed by atoms with Gasteiger partial charge < -0.3 is 4.74 Å². The molecule has 8 saturated carbocycles. The zero-order valence-electron chi connectivity index (χ0n) is 25.7. The zero-order chi connectivity index (χ0) is 28.7. The summed E-state index contributed by atoms with van der Waals surface area (Å²) in [5.74, 6) is 5.28. The van der Waals surface area contributed by atoms with Gasteiger partial charge in [-0.3, -0.25) is 14.6 Å². The number of carbonyl (C=O) groups excluding carboxylic acids is 2. The maximum Gasteiger partial charge on any atom is 0.309 e. The van der Waals surface area contributed by atoms with Crippen LogP contribution in [0.2, 0.25) is 0 Å². The molecular weight excluding hydrogens is 522 g/mol. The quantitative estimate of drug-likeness (QED) is 0.303. The van der Waals surface area contributed by atoms with Crippen LogP contribution in [-0.4, -0.2) is 28.2 Å². The van der Waals surface area contributed by atoms with Crippen molar-refractivity contribution in [3.8, 4) is 0 Å². The molecule has 0 aromatic carbocycles. The molecule has 0 spiro atoms. The average molecular weight is 572 g/mol. The Balaban J connectivity index is 0.926. The number of hydrazone groups is 1. The van der Waals surface area contributed by atoms with Gasteiger partial charge in [-0.05, 0) is 155 Å². The topological polar surface area (TPSA) is 80.6 Å². The summed E-state index contributed by atoms with van der Waals surface area (Å²) in [5, 5.41) is 4.74. The first kappa shape index (κ1) is 27.3. The third-order valence-electron chi connectivity index (χ3n) is 14.3. The first-order valence-electron chi connectivity index (χ1n) is 17.2. The second-order valence-corrected chi connectivity index (χ2v) is 16.4. The number of hydrogen-bond acceptors (Lipinski definition) is 5. The molecule has 8 aliphatic rings. The lowest BCUT2D eigenvalue weighted by Gasteiger charge is -2.60. The van der Waals surface area contributed by atoms with E-state index in [0.717, 1.165) is 74.5 Å². The van der Waals surface area contributed by atoms with Crippen molar-refractivity contribution in [2.75, 3.05) is 0 Å². The minimum atomic E-state index is -0.155. The molecule has 1 aromatic rings. The smallest absolute Gasteiger partial charge is 0.309 e. The fraction of sp³-hybridized carbons (Fsp3) is 0.778. The fourth-order valence-corrected chi connectivity index (χ4v) is 12.6. The van der Waals surface area contributed by atoms with Crippen LogP contribution in [-0.2, 0) is 9.53 Å². The highest BCUT2D eigenvalue weighted by molar-refractivity contribution is 5.97. The largest absolute Gasteiger partial charge is 0.459 e. The monoisotopic (exact) mass is 571 g/mol.